The molecule has 0 bridgehead atoms. The molecule has 1 aromatic carbocycles. The van der Waals surface area contributed by atoms with Gasteiger partial charge in [-0.15, -0.1) is 0 Å². The van der Waals surface area contributed by atoms with E-state index in [-0.39, 0.29) is 12.3 Å². The Labute approximate surface area is 93.1 Å². The largest absolute Gasteiger partial charge is 0.395 e. The van der Waals surface area contributed by atoms with Crippen molar-refractivity contribution in [2.75, 3.05) is 6.61 Å². The van der Waals surface area contributed by atoms with Gasteiger partial charge in [0.2, 0.25) is 0 Å². The van der Waals surface area contributed by atoms with Crippen LogP contribution in [0.25, 0.3) is 0 Å². The molecule has 0 amide bonds. The van der Waals surface area contributed by atoms with Crippen molar-refractivity contribution < 1.29 is 10.0 Å². The molecule has 4 heteroatoms. The van der Waals surface area contributed by atoms with Gasteiger partial charge in [0.15, 0.2) is 0 Å². The number of hydrogen-bond donors (Lipinski definition) is 1. The smallest absolute Gasteiger partial charge is 0.269 e. The van der Waals surface area contributed by atoms with Crippen LogP contribution in [0.4, 0.5) is 5.69 Å². The molecule has 0 fully saturated rings. The monoisotopic (exact) mass is 215 g/mol. The number of non-ortho nitro benzene ring substituents is 1. The van der Waals surface area contributed by atoms with Gasteiger partial charge in [-0.05, 0) is 24.0 Å². The average Bonchev–Trinajstić information content (AvgIpc) is 2.29. The zero-order valence-electron chi connectivity index (χ0n) is 8.43. The van der Waals surface area contributed by atoms with Crippen LogP contribution in [0.3, 0.4) is 0 Å². The number of aliphatic hydroxyl groups is 1. The van der Waals surface area contributed by atoms with Crippen LogP contribution < -0.4 is 0 Å². The lowest BCUT2D eigenvalue weighted by atomic mass is 10.2. The summed E-state index contributed by atoms with van der Waals surface area (Å²) in [7, 11) is 0. The zero-order chi connectivity index (χ0) is 11.8. The van der Waals surface area contributed by atoms with Crippen molar-refractivity contribution in [2.45, 2.75) is 6.42 Å². The van der Waals surface area contributed by atoms with Crippen LogP contribution in [-0.4, -0.2) is 16.6 Å². The Morgan fingerprint density at radius 1 is 1.25 bits per heavy atom. The average molecular weight is 215 g/mol. The van der Waals surface area contributed by atoms with Crippen molar-refractivity contribution in [1.82, 2.24) is 0 Å². The highest BCUT2D eigenvalue weighted by Crippen LogP contribution is 2.10. The van der Waals surface area contributed by atoms with Gasteiger partial charge in [-0.3, -0.25) is 10.1 Å². The molecule has 80 valence electrons. The molecular formula is C12H9NO3. The topological polar surface area (TPSA) is 63.4 Å². The van der Waals surface area contributed by atoms with Gasteiger partial charge in [-0.1, -0.05) is 11.8 Å². The minimum atomic E-state index is -0.460. The van der Waals surface area contributed by atoms with Gasteiger partial charge in [0, 0.05) is 24.1 Å². The van der Waals surface area contributed by atoms with Gasteiger partial charge in [0.1, 0.15) is 0 Å². The van der Waals surface area contributed by atoms with Crippen LogP contribution in [0.15, 0.2) is 24.3 Å². The van der Waals surface area contributed by atoms with Crippen molar-refractivity contribution in [3.05, 3.63) is 39.9 Å². The van der Waals surface area contributed by atoms with Crippen LogP contribution in [-0.2, 0) is 0 Å². The van der Waals surface area contributed by atoms with E-state index < -0.39 is 4.92 Å². The molecule has 1 N–H and O–H groups in total. The summed E-state index contributed by atoms with van der Waals surface area (Å²) in [5.74, 6) is 10.6. The lowest BCUT2D eigenvalue weighted by Crippen LogP contribution is -1.86. The SMILES string of the molecule is O=[N+]([O-])c1ccc(C#CC#CCCO)cc1. The van der Waals surface area contributed by atoms with Gasteiger partial charge in [0.05, 0.1) is 11.5 Å². The van der Waals surface area contributed by atoms with Crippen LogP contribution >= 0.6 is 0 Å². The summed E-state index contributed by atoms with van der Waals surface area (Å²) in [4.78, 5) is 9.91. The zero-order valence-corrected chi connectivity index (χ0v) is 8.43. The summed E-state index contributed by atoms with van der Waals surface area (Å²) in [5, 5.41) is 18.8. The Balaban J connectivity index is 2.69. The Morgan fingerprint density at radius 3 is 2.50 bits per heavy atom. The first kappa shape index (κ1) is 11.8. The first-order valence-electron chi connectivity index (χ1n) is 4.58. The highest BCUT2D eigenvalue weighted by Gasteiger charge is 2.01. The van der Waals surface area contributed by atoms with E-state index in [2.05, 4.69) is 23.7 Å². The number of nitro benzene ring substituents is 1. The Bertz CT molecular complexity index is 483. The van der Waals surface area contributed by atoms with Crippen molar-refractivity contribution >= 4 is 5.69 Å². The number of aliphatic hydroxyl groups excluding tert-OH is 1. The van der Waals surface area contributed by atoms with Crippen molar-refractivity contribution in [1.29, 1.82) is 0 Å². The van der Waals surface area contributed by atoms with E-state index in [4.69, 9.17) is 5.11 Å². The van der Waals surface area contributed by atoms with E-state index in [0.29, 0.717) is 12.0 Å². The van der Waals surface area contributed by atoms with E-state index in [0.717, 1.165) is 0 Å². The number of nitro groups is 1. The maximum atomic E-state index is 10.4. The quantitative estimate of drug-likeness (QED) is 0.460. The molecule has 0 saturated heterocycles. The normalized spacial score (nSPS) is 8.31. The Hall–Kier alpha value is -2.30. The van der Waals surface area contributed by atoms with E-state index >= 15 is 0 Å². The molecule has 4 nitrogen and oxygen atoms in total. The second-order valence-electron chi connectivity index (χ2n) is 2.83. The summed E-state index contributed by atoms with van der Waals surface area (Å²) in [5.41, 5.74) is 0.709. The van der Waals surface area contributed by atoms with E-state index in [1.165, 1.54) is 12.1 Å². The number of benzene rings is 1. The molecule has 0 aromatic heterocycles. The molecule has 0 radical (unpaired) electrons. The van der Waals surface area contributed by atoms with Crippen LogP contribution in [0, 0.1) is 33.8 Å². The molecule has 0 heterocycles. The van der Waals surface area contributed by atoms with Gasteiger partial charge in [-0.25, -0.2) is 0 Å². The third kappa shape index (κ3) is 3.83. The van der Waals surface area contributed by atoms with Gasteiger partial charge in [-0.2, -0.15) is 0 Å². The molecule has 0 aliphatic heterocycles. The van der Waals surface area contributed by atoms with Gasteiger partial charge >= 0.3 is 0 Å². The number of rotatable bonds is 2. The molecule has 0 saturated carbocycles. The standard InChI is InChI=1S/C12H9NO3/c14-10-4-2-1-3-5-11-6-8-12(9-7-11)13(15)16/h6-9,14H,4,10H2. The lowest BCUT2D eigenvalue weighted by Gasteiger charge is -1.90. The molecule has 1 rings (SSSR count). The molecular weight excluding hydrogens is 206 g/mol. The third-order valence-corrected chi connectivity index (χ3v) is 1.67. The molecule has 16 heavy (non-hydrogen) atoms. The van der Waals surface area contributed by atoms with Crippen LogP contribution in [0.1, 0.15) is 12.0 Å². The molecule has 0 unspecified atom stereocenters. The summed E-state index contributed by atoms with van der Waals surface area (Å²) < 4.78 is 0. The summed E-state index contributed by atoms with van der Waals surface area (Å²) in [6.45, 7) is 0.0201. The van der Waals surface area contributed by atoms with Crippen molar-refractivity contribution in [3.8, 4) is 23.7 Å². The number of hydrogen-bond acceptors (Lipinski definition) is 3. The Kier molecular flexibility index (Phi) is 4.59. The third-order valence-electron chi connectivity index (χ3n) is 1.67. The fraction of sp³-hybridized carbons (Fsp3) is 0.167. The fourth-order valence-corrected chi connectivity index (χ4v) is 0.932. The van der Waals surface area contributed by atoms with Crippen molar-refractivity contribution in [2.24, 2.45) is 0 Å². The molecule has 0 atom stereocenters. The van der Waals surface area contributed by atoms with Crippen molar-refractivity contribution in [3.63, 3.8) is 0 Å². The van der Waals surface area contributed by atoms with Crippen LogP contribution in [0.2, 0.25) is 0 Å². The predicted octanol–water partition coefficient (Wildman–Crippen LogP) is 1.33. The fourth-order valence-electron chi connectivity index (χ4n) is 0.932. The molecule has 0 aliphatic carbocycles. The summed E-state index contributed by atoms with van der Waals surface area (Å²) in [6.07, 6.45) is 0.398. The molecule has 0 aliphatic rings. The maximum Gasteiger partial charge on any atom is 0.269 e. The number of nitrogens with zero attached hydrogens (tertiary/aromatic N) is 1. The second kappa shape index (κ2) is 6.23. The van der Waals surface area contributed by atoms with E-state index in [1.807, 2.05) is 0 Å². The molecule has 0 spiro atoms. The maximum absolute atomic E-state index is 10.4. The van der Waals surface area contributed by atoms with E-state index in [1.54, 1.807) is 12.1 Å². The highest BCUT2D eigenvalue weighted by atomic mass is 16.6. The minimum absolute atomic E-state index is 0.0201. The minimum Gasteiger partial charge on any atom is -0.395 e. The summed E-state index contributed by atoms with van der Waals surface area (Å²) in [6, 6.07) is 5.92. The molecule has 1 aromatic rings. The van der Waals surface area contributed by atoms with Crippen LogP contribution in [0.5, 0.6) is 0 Å². The van der Waals surface area contributed by atoms with E-state index in [9.17, 15) is 10.1 Å². The first-order chi connectivity index (χ1) is 7.74. The first-order valence-corrected chi connectivity index (χ1v) is 4.58. The van der Waals surface area contributed by atoms with Gasteiger partial charge < -0.3 is 5.11 Å². The predicted molar refractivity (Wildman–Crippen MR) is 59.5 cm³/mol. The Morgan fingerprint density at radius 2 is 1.94 bits per heavy atom. The summed E-state index contributed by atoms with van der Waals surface area (Å²) >= 11 is 0. The van der Waals surface area contributed by atoms with Gasteiger partial charge in [0.25, 0.3) is 5.69 Å². The highest BCUT2D eigenvalue weighted by molar-refractivity contribution is 5.43. The lowest BCUT2D eigenvalue weighted by molar-refractivity contribution is -0.384. The second-order valence-corrected chi connectivity index (χ2v) is 2.83.